The summed E-state index contributed by atoms with van der Waals surface area (Å²) in [6.45, 7) is 8.47. The zero-order chi connectivity index (χ0) is 11.3. The first-order valence-electron chi connectivity index (χ1n) is 6.51. The second-order valence-electron chi connectivity index (χ2n) is 4.71. The van der Waals surface area contributed by atoms with Crippen LogP contribution in [0.1, 0.15) is 52.9 Å². The zero-order valence-corrected chi connectivity index (χ0v) is 10.5. The molecule has 1 unspecified atom stereocenters. The van der Waals surface area contributed by atoms with E-state index < -0.39 is 0 Å². The summed E-state index contributed by atoms with van der Waals surface area (Å²) in [5, 5.41) is 0. The minimum absolute atomic E-state index is 0.264. The highest BCUT2D eigenvalue weighted by molar-refractivity contribution is 5.78. The van der Waals surface area contributed by atoms with Crippen LogP contribution in [0.15, 0.2) is 0 Å². The predicted molar refractivity (Wildman–Crippen MR) is 63.7 cm³/mol. The van der Waals surface area contributed by atoms with E-state index in [9.17, 15) is 4.79 Å². The molecule has 2 heteroatoms. The molecule has 88 valence electrons. The van der Waals surface area contributed by atoms with Gasteiger partial charge in [0.1, 0.15) is 0 Å². The molecule has 0 aliphatic carbocycles. The maximum atomic E-state index is 12.1. The fourth-order valence-corrected chi connectivity index (χ4v) is 2.49. The van der Waals surface area contributed by atoms with Crippen molar-refractivity contribution in [3.8, 4) is 0 Å². The van der Waals surface area contributed by atoms with Crippen molar-refractivity contribution in [2.24, 2.45) is 11.8 Å². The molecule has 2 nitrogen and oxygen atoms in total. The summed E-state index contributed by atoms with van der Waals surface area (Å²) < 4.78 is 0. The summed E-state index contributed by atoms with van der Waals surface area (Å²) in [7, 11) is 0. The highest BCUT2D eigenvalue weighted by atomic mass is 16.2. The number of hydrogen-bond acceptors (Lipinski definition) is 1. The molecular formula is C13H25NO. The van der Waals surface area contributed by atoms with Gasteiger partial charge in [-0.05, 0) is 31.6 Å². The van der Waals surface area contributed by atoms with Gasteiger partial charge in [0.05, 0.1) is 0 Å². The Morgan fingerprint density at radius 3 is 2.53 bits per heavy atom. The van der Waals surface area contributed by atoms with Crippen molar-refractivity contribution in [2.45, 2.75) is 52.9 Å². The highest BCUT2D eigenvalue weighted by Gasteiger charge is 2.26. The van der Waals surface area contributed by atoms with Crippen molar-refractivity contribution in [3.05, 3.63) is 0 Å². The van der Waals surface area contributed by atoms with Crippen molar-refractivity contribution >= 4 is 5.91 Å². The first kappa shape index (κ1) is 12.5. The van der Waals surface area contributed by atoms with E-state index in [0.717, 1.165) is 31.8 Å². The molecule has 1 fully saturated rings. The number of amides is 1. The number of carbonyl (C=O) groups excluding carboxylic acids is 1. The molecule has 1 rings (SSSR count). The normalized spacial score (nSPS) is 22.1. The van der Waals surface area contributed by atoms with Crippen molar-refractivity contribution in [2.75, 3.05) is 13.1 Å². The number of carbonyl (C=O) groups is 1. The first-order valence-corrected chi connectivity index (χ1v) is 6.51. The minimum atomic E-state index is 0.264. The fourth-order valence-electron chi connectivity index (χ4n) is 2.49. The van der Waals surface area contributed by atoms with Crippen LogP contribution in [0, 0.1) is 11.8 Å². The highest BCUT2D eigenvalue weighted by Crippen LogP contribution is 2.22. The van der Waals surface area contributed by atoms with E-state index in [1.165, 1.54) is 19.3 Å². The molecule has 1 amide bonds. The molecule has 0 bridgehead atoms. The van der Waals surface area contributed by atoms with E-state index in [-0.39, 0.29) is 5.92 Å². The SMILES string of the molecule is CCC1CCCN(C(=O)C(CC)CC)C1. The van der Waals surface area contributed by atoms with Gasteiger partial charge in [0.25, 0.3) is 0 Å². The van der Waals surface area contributed by atoms with E-state index in [4.69, 9.17) is 0 Å². The molecule has 0 aromatic rings. The number of piperidine rings is 1. The minimum Gasteiger partial charge on any atom is -0.342 e. The van der Waals surface area contributed by atoms with Crippen molar-refractivity contribution in [3.63, 3.8) is 0 Å². The number of rotatable bonds is 4. The molecule has 1 atom stereocenters. The Morgan fingerprint density at radius 2 is 2.00 bits per heavy atom. The molecule has 0 radical (unpaired) electrons. The Hall–Kier alpha value is -0.530. The topological polar surface area (TPSA) is 20.3 Å². The van der Waals surface area contributed by atoms with Crippen LogP contribution in [-0.2, 0) is 4.79 Å². The first-order chi connectivity index (χ1) is 7.22. The smallest absolute Gasteiger partial charge is 0.225 e. The Bertz CT molecular complexity index is 199. The summed E-state index contributed by atoms with van der Waals surface area (Å²) in [5.41, 5.74) is 0. The van der Waals surface area contributed by atoms with E-state index in [0.29, 0.717) is 5.91 Å². The summed E-state index contributed by atoms with van der Waals surface area (Å²) in [6.07, 6.45) is 5.70. The molecule has 0 saturated carbocycles. The van der Waals surface area contributed by atoms with Gasteiger partial charge in [0.15, 0.2) is 0 Å². The van der Waals surface area contributed by atoms with Gasteiger partial charge in [-0.3, -0.25) is 4.79 Å². The lowest BCUT2D eigenvalue weighted by molar-refractivity contribution is -0.137. The van der Waals surface area contributed by atoms with Gasteiger partial charge in [-0.25, -0.2) is 0 Å². The lowest BCUT2D eigenvalue weighted by Gasteiger charge is -2.34. The zero-order valence-electron chi connectivity index (χ0n) is 10.5. The van der Waals surface area contributed by atoms with E-state index in [1.54, 1.807) is 0 Å². The lowest BCUT2D eigenvalue weighted by atomic mass is 9.93. The Balaban J connectivity index is 2.51. The monoisotopic (exact) mass is 211 g/mol. The third-order valence-electron chi connectivity index (χ3n) is 3.74. The molecule has 1 aliphatic heterocycles. The van der Waals surface area contributed by atoms with Gasteiger partial charge in [-0.1, -0.05) is 27.2 Å². The predicted octanol–water partition coefficient (Wildman–Crippen LogP) is 3.07. The van der Waals surface area contributed by atoms with Crippen molar-refractivity contribution in [1.29, 1.82) is 0 Å². The Kier molecular flexibility index (Phi) is 5.13. The average Bonchev–Trinajstić information content (AvgIpc) is 2.30. The van der Waals surface area contributed by atoms with Crippen molar-refractivity contribution in [1.82, 2.24) is 4.90 Å². The van der Waals surface area contributed by atoms with Crippen LogP contribution < -0.4 is 0 Å². The van der Waals surface area contributed by atoms with Crippen LogP contribution >= 0.6 is 0 Å². The molecule has 0 aromatic carbocycles. The lowest BCUT2D eigenvalue weighted by Crippen LogP contribution is -2.42. The van der Waals surface area contributed by atoms with E-state index in [2.05, 4.69) is 25.7 Å². The number of likely N-dealkylation sites (tertiary alicyclic amines) is 1. The molecule has 1 aliphatic rings. The van der Waals surface area contributed by atoms with E-state index >= 15 is 0 Å². The van der Waals surface area contributed by atoms with Gasteiger partial charge in [0.2, 0.25) is 5.91 Å². The molecule has 0 spiro atoms. The summed E-state index contributed by atoms with van der Waals surface area (Å²) >= 11 is 0. The molecule has 1 saturated heterocycles. The fraction of sp³-hybridized carbons (Fsp3) is 0.923. The van der Waals surface area contributed by atoms with Crippen LogP contribution in [-0.4, -0.2) is 23.9 Å². The molecule has 0 aromatic heterocycles. The van der Waals surface area contributed by atoms with Gasteiger partial charge < -0.3 is 4.90 Å². The number of hydrogen-bond donors (Lipinski definition) is 0. The Labute approximate surface area is 94.0 Å². The molecule has 1 heterocycles. The van der Waals surface area contributed by atoms with Crippen LogP contribution in [0.5, 0.6) is 0 Å². The molecule has 15 heavy (non-hydrogen) atoms. The second-order valence-corrected chi connectivity index (χ2v) is 4.71. The molecular weight excluding hydrogens is 186 g/mol. The van der Waals surface area contributed by atoms with Crippen LogP contribution in [0.2, 0.25) is 0 Å². The van der Waals surface area contributed by atoms with Crippen LogP contribution in [0.3, 0.4) is 0 Å². The maximum Gasteiger partial charge on any atom is 0.225 e. The van der Waals surface area contributed by atoms with Gasteiger partial charge >= 0.3 is 0 Å². The third-order valence-corrected chi connectivity index (χ3v) is 3.74. The largest absolute Gasteiger partial charge is 0.342 e. The number of nitrogens with zero attached hydrogens (tertiary/aromatic N) is 1. The summed E-state index contributed by atoms with van der Waals surface area (Å²) in [6, 6.07) is 0. The molecule has 0 N–H and O–H groups in total. The average molecular weight is 211 g/mol. The second kappa shape index (κ2) is 6.14. The Morgan fingerprint density at radius 1 is 1.33 bits per heavy atom. The van der Waals surface area contributed by atoms with Gasteiger partial charge in [0, 0.05) is 19.0 Å². The summed E-state index contributed by atoms with van der Waals surface area (Å²) in [5.74, 6) is 1.41. The van der Waals surface area contributed by atoms with Crippen molar-refractivity contribution < 1.29 is 4.79 Å². The van der Waals surface area contributed by atoms with Gasteiger partial charge in [-0.2, -0.15) is 0 Å². The van der Waals surface area contributed by atoms with Crippen LogP contribution in [0.25, 0.3) is 0 Å². The van der Waals surface area contributed by atoms with Gasteiger partial charge in [-0.15, -0.1) is 0 Å². The third kappa shape index (κ3) is 3.22. The summed E-state index contributed by atoms with van der Waals surface area (Å²) in [4.78, 5) is 14.3. The van der Waals surface area contributed by atoms with E-state index in [1.807, 2.05) is 0 Å². The standard InChI is InChI=1S/C13H25NO/c1-4-11-8-7-9-14(10-11)13(15)12(5-2)6-3/h11-12H,4-10H2,1-3H3. The quantitative estimate of drug-likeness (QED) is 0.700. The maximum absolute atomic E-state index is 12.1. The van der Waals surface area contributed by atoms with Crippen LogP contribution in [0.4, 0.5) is 0 Å².